The highest BCUT2D eigenvalue weighted by Gasteiger charge is 2.10. The first kappa shape index (κ1) is 15.5. The summed E-state index contributed by atoms with van der Waals surface area (Å²) in [6.07, 6.45) is 4.62. The van der Waals surface area contributed by atoms with Crippen LogP contribution in [0, 0.1) is 0 Å². The summed E-state index contributed by atoms with van der Waals surface area (Å²) in [7, 11) is 1.74. The highest BCUT2D eigenvalue weighted by Crippen LogP contribution is 2.14. The molecule has 0 aliphatic heterocycles. The maximum Gasteiger partial charge on any atom is 0.252 e. The average Bonchev–Trinajstić information content (AvgIpc) is 2.42. The monoisotopic (exact) mass is 264 g/mol. The van der Waals surface area contributed by atoms with Crippen molar-refractivity contribution in [1.29, 1.82) is 0 Å². The highest BCUT2D eigenvalue weighted by molar-refractivity contribution is 5.93. The zero-order valence-electron chi connectivity index (χ0n) is 11.9. The predicted molar refractivity (Wildman–Crippen MR) is 79.2 cm³/mol. The third kappa shape index (κ3) is 5.75. The van der Waals surface area contributed by atoms with Gasteiger partial charge in [-0.05, 0) is 30.7 Å². The van der Waals surface area contributed by atoms with Gasteiger partial charge in [0.05, 0.1) is 0 Å². The first-order valence-corrected chi connectivity index (χ1v) is 6.85. The van der Waals surface area contributed by atoms with Crippen LogP contribution in [0.5, 0.6) is 0 Å². The van der Waals surface area contributed by atoms with Crippen LogP contribution in [0.15, 0.2) is 24.3 Å². The van der Waals surface area contributed by atoms with E-state index < -0.39 is 0 Å². The molecule has 1 rings (SSSR count). The Morgan fingerprint density at radius 1 is 1.21 bits per heavy atom. The van der Waals surface area contributed by atoms with Gasteiger partial charge in [0.1, 0.15) is 6.61 Å². The lowest BCUT2D eigenvalue weighted by Gasteiger charge is -2.17. The Labute approximate surface area is 115 Å². The number of nitrogens with two attached hydrogens (primary N) is 1. The number of ether oxygens (including phenoxy) is 1. The first-order valence-electron chi connectivity index (χ1n) is 6.85. The molecule has 0 atom stereocenters. The van der Waals surface area contributed by atoms with Crippen molar-refractivity contribution in [2.75, 3.05) is 30.9 Å². The molecule has 1 aromatic carbocycles. The second-order valence-corrected chi connectivity index (χ2v) is 4.66. The van der Waals surface area contributed by atoms with Crippen molar-refractivity contribution in [2.45, 2.75) is 32.6 Å². The number of hydrogen-bond donors (Lipinski definition) is 1. The largest absolute Gasteiger partial charge is 0.399 e. The number of hydrogen-bond acceptors (Lipinski definition) is 3. The Bertz CT molecular complexity index is 376. The fraction of sp³-hybridized carbons (Fsp3) is 0.533. The maximum atomic E-state index is 11.9. The molecular formula is C15H24N2O2. The molecule has 0 unspecified atom stereocenters. The van der Waals surface area contributed by atoms with Crippen molar-refractivity contribution in [2.24, 2.45) is 0 Å². The lowest BCUT2D eigenvalue weighted by atomic mass is 10.2. The fourth-order valence-corrected chi connectivity index (χ4v) is 1.73. The zero-order valence-corrected chi connectivity index (χ0v) is 11.9. The van der Waals surface area contributed by atoms with Gasteiger partial charge in [0.2, 0.25) is 0 Å². The van der Waals surface area contributed by atoms with Crippen molar-refractivity contribution in [1.82, 2.24) is 0 Å². The van der Waals surface area contributed by atoms with Gasteiger partial charge < -0.3 is 15.4 Å². The normalized spacial score (nSPS) is 10.4. The smallest absolute Gasteiger partial charge is 0.252 e. The molecule has 0 spiro atoms. The molecule has 1 amide bonds. The molecule has 0 fully saturated rings. The quantitative estimate of drug-likeness (QED) is 0.580. The predicted octanol–water partition coefficient (Wildman–Crippen LogP) is 2.83. The van der Waals surface area contributed by atoms with Gasteiger partial charge in [-0.1, -0.05) is 26.2 Å². The minimum absolute atomic E-state index is 0.0414. The summed E-state index contributed by atoms with van der Waals surface area (Å²) >= 11 is 0. The van der Waals surface area contributed by atoms with Crippen LogP contribution in [0.1, 0.15) is 32.6 Å². The molecule has 0 saturated heterocycles. The van der Waals surface area contributed by atoms with Crippen LogP contribution in [0.3, 0.4) is 0 Å². The molecule has 0 heterocycles. The Hall–Kier alpha value is -1.55. The van der Waals surface area contributed by atoms with E-state index in [-0.39, 0.29) is 12.5 Å². The summed E-state index contributed by atoms with van der Waals surface area (Å²) in [4.78, 5) is 13.5. The molecule has 4 nitrogen and oxygen atoms in total. The fourth-order valence-electron chi connectivity index (χ4n) is 1.73. The summed E-state index contributed by atoms with van der Waals surface area (Å²) in [5, 5.41) is 0. The molecule has 0 aliphatic rings. The highest BCUT2D eigenvalue weighted by atomic mass is 16.5. The second-order valence-electron chi connectivity index (χ2n) is 4.66. The van der Waals surface area contributed by atoms with Gasteiger partial charge in [0, 0.05) is 25.0 Å². The second kappa shape index (κ2) is 8.53. The topological polar surface area (TPSA) is 55.6 Å². The van der Waals surface area contributed by atoms with E-state index in [1.165, 1.54) is 19.3 Å². The van der Waals surface area contributed by atoms with Crippen molar-refractivity contribution >= 4 is 17.3 Å². The molecule has 0 radical (unpaired) electrons. The van der Waals surface area contributed by atoms with Crippen LogP contribution < -0.4 is 10.6 Å². The molecule has 4 heteroatoms. The van der Waals surface area contributed by atoms with E-state index in [9.17, 15) is 4.79 Å². The summed E-state index contributed by atoms with van der Waals surface area (Å²) in [5.74, 6) is -0.0414. The third-order valence-electron chi connectivity index (χ3n) is 3.02. The summed E-state index contributed by atoms with van der Waals surface area (Å²) < 4.78 is 5.39. The van der Waals surface area contributed by atoms with E-state index in [2.05, 4.69) is 6.92 Å². The van der Waals surface area contributed by atoms with Crippen LogP contribution in [0.25, 0.3) is 0 Å². The number of anilines is 2. The molecule has 2 N–H and O–H groups in total. The van der Waals surface area contributed by atoms with E-state index in [1.807, 2.05) is 12.1 Å². The number of benzene rings is 1. The Morgan fingerprint density at radius 3 is 2.53 bits per heavy atom. The van der Waals surface area contributed by atoms with Crippen LogP contribution in [-0.4, -0.2) is 26.2 Å². The Balaban J connectivity index is 2.27. The minimum atomic E-state index is -0.0414. The SMILES string of the molecule is CCCCCCOCC(=O)N(C)c1ccc(N)cc1. The lowest BCUT2D eigenvalue weighted by Crippen LogP contribution is -2.30. The standard InChI is InChI=1S/C15H24N2O2/c1-3-4-5-6-11-19-12-15(18)17(2)14-9-7-13(16)8-10-14/h7-10H,3-6,11-12,16H2,1-2H3. The van der Waals surface area contributed by atoms with Gasteiger partial charge in [-0.2, -0.15) is 0 Å². The van der Waals surface area contributed by atoms with Gasteiger partial charge in [0.25, 0.3) is 5.91 Å². The molecule has 0 aromatic heterocycles. The van der Waals surface area contributed by atoms with Crippen LogP contribution in [0.2, 0.25) is 0 Å². The molecule has 106 valence electrons. The number of carbonyl (C=O) groups excluding carboxylic acids is 1. The van der Waals surface area contributed by atoms with Crippen molar-refractivity contribution in [3.05, 3.63) is 24.3 Å². The number of likely N-dealkylation sites (N-methyl/N-ethyl adjacent to an activating group) is 1. The van der Waals surface area contributed by atoms with E-state index in [1.54, 1.807) is 24.1 Å². The van der Waals surface area contributed by atoms with Crippen molar-refractivity contribution in [3.63, 3.8) is 0 Å². The van der Waals surface area contributed by atoms with E-state index >= 15 is 0 Å². The summed E-state index contributed by atoms with van der Waals surface area (Å²) in [5.41, 5.74) is 7.13. The minimum Gasteiger partial charge on any atom is -0.399 e. The Kier molecular flexibility index (Phi) is 6.97. The van der Waals surface area contributed by atoms with Crippen molar-refractivity contribution in [3.8, 4) is 0 Å². The maximum absolute atomic E-state index is 11.9. The van der Waals surface area contributed by atoms with Crippen LogP contribution in [0.4, 0.5) is 11.4 Å². The molecular weight excluding hydrogens is 240 g/mol. The lowest BCUT2D eigenvalue weighted by molar-refractivity contribution is -0.122. The first-order chi connectivity index (χ1) is 9.15. The van der Waals surface area contributed by atoms with Gasteiger partial charge in [-0.15, -0.1) is 0 Å². The summed E-state index contributed by atoms with van der Waals surface area (Å²) in [6.45, 7) is 2.96. The third-order valence-corrected chi connectivity index (χ3v) is 3.02. The number of amides is 1. The number of rotatable bonds is 8. The van der Waals surface area contributed by atoms with Gasteiger partial charge in [0.15, 0.2) is 0 Å². The Morgan fingerprint density at radius 2 is 1.89 bits per heavy atom. The molecule has 1 aromatic rings. The summed E-state index contributed by atoms with van der Waals surface area (Å²) in [6, 6.07) is 7.22. The van der Waals surface area contributed by atoms with Crippen LogP contribution >= 0.6 is 0 Å². The number of nitrogen functional groups attached to an aromatic ring is 1. The molecule has 0 aliphatic carbocycles. The molecule has 19 heavy (non-hydrogen) atoms. The van der Waals surface area contributed by atoms with Gasteiger partial charge >= 0.3 is 0 Å². The van der Waals surface area contributed by atoms with Gasteiger partial charge in [-0.3, -0.25) is 4.79 Å². The van der Waals surface area contributed by atoms with E-state index in [0.29, 0.717) is 12.3 Å². The average molecular weight is 264 g/mol. The van der Waals surface area contributed by atoms with Gasteiger partial charge in [-0.25, -0.2) is 0 Å². The number of nitrogens with zero attached hydrogens (tertiary/aromatic N) is 1. The van der Waals surface area contributed by atoms with E-state index in [0.717, 1.165) is 12.1 Å². The zero-order chi connectivity index (χ0) is 14.1. The van der Waals surface area contributed by atoms with Crippen molar-refractivity contribution < 1.29 is 9.53 Å². The van der Waals surface area contributed by atoms with Crippen LogP contribution in [-0.2, 0) is 9.53 Å². The molecule has 0 saturated carbocycles. The van der Waals surface area contributed by atoms with E-state index in [4.69, 9.17) is 10.5 Å². The number of unbranched alkanes of at least 4 members (excludes halogenated alkanes) is 3. The molecule has 0 bridgehead atoms. The number of carbonyl (C=O) groups is 1.